The van der Waals surface area contributed by atoms with E-state index in [0.717, 1.165) is 37.7 Å². The molecule has 0 bridgehead atoms. The fourth-order valence-electron chi connectivity index (χ4n) is 2.21. The lowest BCUT2D eigenvalue weighted by Crippen LogP contribution is -2.49. The predicted octanol–water partition coefficient (Wildman–Crippen LogP) is 2.08. The number of aromatic nitrogens is 1. The van der Waals surface area contributed by atoms with Gasteiger partial charge in [-0.3, -0.25) is 4.90 Å². The number of nitrogens with zero attached hydrogens (tertiary/aromatic N) is 3. The van der Waals surface area contributed by atoms with Gasteiger partial charge in [-0.05, 0) is 19.9 Å². The van der Waals surface area contributed by atoms with Gasteiger partial charge in [0, 0.05) is 57.2 Å². The van der Waals surface area contributed by atoms with Crippen LogP contribution in [-0.2, 0) is 0 Å². The highest BCUT2D eigenvalue weighted by Crippen LogP contribution is 2.18. The summed E-state index contributed by atoms with van der Waals surface area (Å²) in [7, 11) is 1.94. The Morgan fingerprint density at radius 3 is 2.44 bits per heavy atom. The maximum Gasteiger partial charge on any atom is 0.130 e. The number of anilines is 2. The fraction of sp³-hybridized carbons (Fsp3) is 0.615. The Morgan fingerprint density at radius 1 is 1.22 bits per heavy atom. The molecule has 0 unspecified atom stereocenters. The highest BCUT2D eigenvalue weighted by atomic mass is 35.5. The second-order valence-corrected chi connectivity index (χ2v) is 4.77. The molecule has 0 aliphatic carbocycles. The van der Waals surface area contributed by atoms with Crippen LogP contribution in [-0.4, -0.2) is 49.2 Å². The normalized spacial score (nSPS) is 16.6. The molecule has 1 aliphatic rings. The van der Waals surface area contributed by atoms with E-state index in [1.165, 1.54) is 0 Å². The summed E-state index contributed by atoms with van der Waals surface area (Å²) in [4.78, 5) is 9.32. The molecule has 0 aromatic carbocycles. The molecule has 1 saturated heterocycles. The maximum absolute atomic E-state index is 4.45. The molecule has 1 aromatic heterocycles. The van der Waals surface area contributed by atoms with E-state index < -0.39 is 0 Å². The molecule has 0 radical (unpaired) electrons. The molecule has 1 aliphatic heterocycles. The van der Waals surface area contributed by atoms with Crippen LogP contribution in [0.4, 0.5) is 11.5 Å². The predicted molar refractivity (Wildman–Crippen MR) is 80.0 cm³/mol. The number of pyridine rings is 1. The van der Waals surface area contributed by atoms with Crippen molar-refractivity contribution >= 4 is 23.9 Å². The summed E-state index contributed by atoms with van der Waals surface area (Å²) in [6.45, 7) is 8.91. The van der Waals surface area contributed by atoms with Crippen LogP contribution in [0.1, 0.15) is 13.8 Å². The first-order valence-corrected chi connectivity index (χ1v) is 6.33. The zero-order valence-corrected chi connectivity index (χ0v) is 12.2. The molecule has 4 nitrogen and oxygen atoms in total. The quantitative estimate of drug-likeness (QED) is 0.911. The van der Waals surface area contributed by atoms with Crippen molar-refractivity contribution in [3.63, 3.8) is 0 Å². The van der Waals surface area contributed by atoms with Gasteiger partial charge in [0.1, 0.15) is 5.82 Å². The van der Waals surface area contributed by atoms with Gasteiger partial charge in [-0.25, -0.2) is 4.98 Å². The van der Waals surface area contributed by atoms with Crippen LogP contribution < -0.4 is 10.2 Å². The van der Waals surface area contributed by atoms with Gasteiger partial charge in [-0.15, -0.1) is 12.4 Å². The molecule has 0 spiro atoms. The number of halogens is 1. The van der Waals surface area contributed by atoms with Crippen LogP contribution in [0, 0.1) is 0 Å². The first kappa shape index (κ1) is 15.1. The second kappa shape index (κ2) is 6.81. The molecule has 18 heavy (non-hydrogen) atoms. The van der Waals surface area contributed by atoms with E-state index in [2.05, 4.69) is 40.0 Å². The lowest BCUT2D eigenvalue weighted by atomic mass is 10.2. The topological polar surface area (TPSA) is 31.4 Å². The van der Waals surface area contributed by atoms with Crippen LogP contribution in [0.5, 0.6) is 0 Å². The summed E-state index contributed by atoms with van der Waals surface area (Å²) in [6, 6.07) is 4.76. The summed E-state index contributed by atoms with van der Waals surface area (Å²) in [5, 5.41) is 3.16. The highest BCUT2D eigenvalue weighted by molar-refractivity contribution is 5.85. The smallest absolute Gasteiger partial charge is 0.130 e. The van der Waals surface area contributed by atoms with Crippen molar-refractivity contribution in [2.75, 3.05) is 43.4 Å². The molecule has 0 amide bonds. The summed E-state index contributed by atoms with van der Waals surface area (Å²) in [6.07, 6.45) is 1.87. The molecule has 1 aromatic rings. The van der Waals surface area contributed by atoms with Crippen LogP contribution in [0.3, 0.4) is 0 Å². The summed E-state index contributed by atoms with van der Waals surface area (Å²) >= 11 is 0. The summed E-state index contributed by atoms with van der Waals surface area (Å²) < 4.78 is 0. The largest absolute Gasteiger partial charge is 0.388 e. The van der Waals surface area contributed by atoms with Gasteiger partial charge in [0.25, 0.3) is 0 Å². The molecule has 102 valence electrons. The number of hydrogen-bond donors (Lipinski definition) is 1. The van der Waals surface area contributed by atoms with E-state index in [0.29, 0.717) is 6.04 Å². The highest BCUT2D eigenvalue weighted by Gasteiger charge is 2.19. The second-order valence-electron chi connectivity index (χ2n) is 4.77. The van der Waals surface area contributed by atoms with E-state index >= 15 is 0 Å². The van der Waals surface area contributed by atoms with Gasteiger partial charge in [-0.2, -0.15) is 0 Å². The van der Waals surface area contributed by atoms with Crippen molar-refractivity contribution in [2.24, 2.45) is 0 Å². The minimum atomic E-state index is 0. The lowest BCUT2D eigenvalue weighted by molar-refractivity contribution is 0.209. The Bertz CT molecular complexity index is 362. The third-order valence-corrected chi connectivity index (χ3v) is 3.40. The Kier molecular flexibility index (Phi) is 5.69. The Balaban J connectivity index is 0.00000162. The summed E-state index contributed by atoms with van der Waals surface area (Å²) in [5.41, 5.74) is 1.13. The number of nitrogens with one attached hydrogen (secondary N) is 1. The Labute approximate surface area is 116 Å². The number of hydrogen-bond acceptors (Lipinski definition) is 4. The molecule has 2 heterocycles. The van der Waals surface area contributed by atoms with E-state index in [-0.39, 0.29) is 12.4 Å². The van der Waals surface area contributed by atoms with Crippen molar-refractivity contribution < 1.29 is 0 Å². The molecule has 0 saturated carbocycles. The monoisotopic (exact) mass is 270 g/mol. The molecule has 5 heteroatoms. The fourth-order valence-corrected chi connectivity index (χ4v) is 2.21. The van der Waals surface area contributed by atoms with Crippen molar-refractivity contribution in [1.29, 1.82) is 0 Å². The van der Waals surface area contributed by atoms with Crippen LogP contribution >= 0.6 is 12.4 Å². The van der Waals surface area contributed by atoms with Crippen molar-refractivity contribution in [2.45, 2.75) is 19.9 Å². The summed E-state index contributed by atoms with van der Waals surface area (Å²) in [5.74, 6) is 1.08. The average Bonchev–Trinajstić information content (AvgIpc) is 2.39. The molecular weight excluding hydrogens is 248 g/mol. The zero-order chi connectivity index (χ0) is 12.3. The third-order valence-electron chi connectivity index (χ3n) is 3.40. The van der Waals surface area contributed by atoms with Crippen LogP contribution in [0.2, 0.25) is 0 Å². The van der Waals surface area contributed by atoms with Gasteiger partial charge >= 0.3 is 0 Å². The molecule has 1 N–H and O–H groups in total. The van der Waals surface area contributed by atoms with E-state index in [1.54, 1.807) is 0 Å². The van der Waals surface area contributed by atoms with E-state index in [4.69, 9.17) is 0 Å². The SMILES string of the molecule is CNc1ccnc(N2CCN(C(C)C)CC2)c1.Cl. The molecule has 1 fully saturated rings. The van der Waals surface area contributed by atoms with E-state index in [9.17, 15) is 0 Å². The number of piperazine rings is 1. The van der Waals surface area contributed by atoms with Gasteiger partial charge in [-0.1, -0.05) is 0 Å². The van der Waals surface area contributed by atoms with Crippen LogP contribution in [0.15, 0.2) is 18.3 Å². The van der Waals surface area contributed by atoms with Gasteiger partial charge in [0.15, 0.2) is 0 Å². The minimum Gasteiger partial charge on any atom is -0.388 e. The van der Waals surface area contributed by atoms with Crippen molar-refractivity contribution in [3.05, 3.63) is 18.3 Å². The molecule has 2 rings (SSSR count). The maximum atomic E-state index is 4.45. The third kappa shape index (κ3) is 3.50. The van der Waals surface area contributed by atoms with Crippen molar-refractivity contribution in [3.8, 4) is 0 Å². The first-order chi connectivity index (χ1) is 8.20. The van der Waals surface area contributed by atoms with Crippen LogP contribution in [0.25, 0.3) is 0 Å². The number of rotatable bonds is 3. The molecular formula is C13H23ClN4. The Hall–Kier alpha value is -1.00. The lowest BCUT2D eigenvalue weighted by Gasteiger charge is -2.37. The van der Waals surface area contributed by atoms with Gasteiger partial charge in [0.2, 0.25) is 0 Å². The zero-order valence-electron chi connectivity index (χ0n) is 11.4. The molecule has 0 atom stereocenters. The average molecular weight is 271 g/mol. The van der Waals surface area contributed by atoms with Gasteiger partial charge in [0.05, 0.1) is 0 Å². The first-order valence-electron chi connectivity index (χ1n) is 6.33. The van der Waals surface area contributed by atoms with Gasteiger partial charge < -0.3 is 10.2 Å². The Morgan fingerprint density at radius 2 is 1.89 bits per heavy atom. The standard InChI is InChI=1S/C13H22N4.ClH/c1-11(2)16-6-8-17(9-7-16)13-10-12(14-3)4-5-15-13;/h4-5,10-11H,6-9H2,1-3H3,(H,14,15);1H. The van der Waals surface area contributed by atoms with E-state index in [1.807, 2.05) is 19.3 Å². The minimum absolute atomic E-state index is 0. The van der Waals surface area contributed by atoms with Crippen molar-refractivity contribution in [1.82, 2.24) is 9.88 Å².